The van der Waals surface area contributed by atoms with E-state index in [2.05, 4.69) is 4.74 Å². The molecule has 0 radical (unpaired) electrons. The van der Waals surface area contributed by atoms with Crippen LogP contribution in [0.1, 0.15) is 10.4 Å². The Labute approximate surface area is 233 Å². The number of phenolic OH excluding ortho intramolecular Hbond substituents is 1. The molecule has 0 bridgehead atoms. The lowest BCUT2D eigenvalue weighted by molar-refractivity contribution is -0.247. The number of alkyl halides is 5. The van der Waals surface area contributed by atoms with Gasteiger partial charge in [-0.25, -0.2) is 8.42 Å². The summed E-state index contributed by atoms with van der Waals surface area (Å²) in [4.78, 5) is 12.4. The van der Waals surface area contributed by atoms with Gasteiger partial charge in [0.1, 0.15) is 5.75 Å². The zero-order valence-corrected chi connectivity index (χ0v) is 22.4. The maximum atomic E-state index is 15.6. The molecule has 0 spiro atoms. The SMILES string of the molecule is O=C(OC(C(F)(F)F)C(F)(F)S(=O)(=O)OS(c1ccccc1)(c1ccccc1)c1ccc(O)cc1)c1ccccc1. The first-order chi connectivity index (χ1) is 19.3. The molecule has 0 fully saturated rings. The van der Waals surface area contributed by atoms with Crippen molar-refractivity contribution >= 4 is 26.4 Å². The summed E-state index contributed by atoms with van der Waals surface area (Å²) in [5.41, 5.74) is -0.506. The van der Waals surface area contributed by atoms with E-state index in [0.717, 1.165) is 24.3 Å². The van der Waals surface area contributed by atoms with E-state index < -0.39 is 49.5 Å². The van der Waals surface area contributed by atoms with Crippen molar-refractivity contribution in [2.24, 2.45) is 0 Å². The average Bonchev–Trinajstić information content (AvgIpc) is 2.95. The molecule has 1 atom stereocenters. The van der Waals surface area contributed by atoms with Crippen LogP contribution in [-0.2, 0) is 18.5 Å². The Bertz CT molecular complexity index is 1540. The predicted molar refractivity (Wildman–Crippen MR) is 140 cm³/mol. The summed E-state index contributed by atoms with van der Waals surface area (Å²) in [6.45, 7) is 0. The van der Waals surface area contributed by atoms with Crippen molar-refractivity contribution in [3.8, 4) is 5.75 Å². The number of hydrogen-bond donors (Lipinski definition) is 1. The molecule has 0 aromatic heterocycles. The minimum Gasteiger partial charge on any atom is -0.508 e. The number of benzene rings is 4. The van der Waals surface area contributed by atoms with Crippen LogP contribution in [-0.4, -0.2) is 37.0 Å². The number of aromatic hydroxyl groups is 1. The fraction of sp³-hybridized carbons (Fsp3) is 0.107. The highest BCUT2D eigenvalue weighted by Gasteiger charge is 2.68. The first-order valence-corrected chi connectivity index (χ1v) is 14.6. The number of carbonyl (C=O) groups is 1. The van der Waals surface area contributed by atoms with Gasteiger partial charge in [-0.15, -0.1) is 0 Å². The topological polar surface area (TPSA) is 89.9 Å². The second kappa shape index (κ2) is 11.5. The Morgan fingerprint density at radius 1 is 0.659 bits per heavy atom. The van der Waals surface area contributed by atoms with Crippen LogP contribution in [0.25, 0.3) is 0 Å². The summed E-state index contributed by atoms with van der Waals surface area (Å²) in [5, 5.41) is 4.03. The summed E-state index contributed by atoms with van der Waals surface area (Å²) in [7, 11) is -10.3. The molecule has 216 valence electrons. The van der Waals surface area contributed by atoms with Gasteiger partial charge in [0, 0.05) is 14.7 Å². The molecule has 0 heterocycles. The van der Waals surface area contributed by atoms with Gasteiger partial charge in [0.15, 0.2) is 0 Å². The molecule has 0 amide bonds. The van der Waals surface area contributed by atoms with Gasteiger partial charge < -0.3 is 9.84 Å². The number of ether oxygens (including phenoxy) is 1. The molecular formula is C28H21F5O6S2. The smallest absolute Gasteiger partial charge is 0.432 e. The molecular weight excluding hydrogens is 591 g/mol. The van der Waals surface area contributed by atoms with Crippen LogP contribution in [0.3, 0.4) is 0 Å². The minimum absolute atomic E-state index is 0.0306. The predicted octanol–water partition coefficient (Wildman–Crippen LogP) is 7.32. The van der Waals surface area contributed by atoms with E-state index in [1.165, 1.54) is 78.9 Å². The van der Waals surface area contributed by atoms with Gasteiger partial charge >= 0.3 is 27.5 Å². The van der Waals surface area contributed by atoms with Crippen LogP contribution >= 0.6 is 10.3 Å². The molecule has 0 aliphatic heterocycles. The van der Waals surface area contributed by atoms with Crippen molar-refractivity contribution in [1.29, 1.82) is 0 Å². The van der Waals surface area contributed by atoms with Crippen LogP contribution in [0.4, 0.5) is 22.0 Å². The summed E-state index contributed by atoms with van der Waals surface area (Å²) in [6, 6.07) is 25.2. The lowest BCUT2D eigenvalue weighted by Gasteiger charge is -2.40. The van der Waals surface area contributed by atoms with Crippen molar-refractivity contribution in [1.82, 2.24) is 0 Å². The molecule has 6 nitrogen and oxygen atoms in total. The van der Waals surface area contributed by atoms with Crippen molar-refractivity contribution in [3.63, 3.8) is 0 Å². The number of carbonyl (C=O) groups excluding carboxylic acids is 1. The van der Waals surface area contributed by atoms with E-state index >= 15 is 8.78 Å². The van der Waals surface area contributed by atoms with E-state index in [1.54, 1.807) is 12.1 Å². The largest absolute Gasteiger partial charge is 0.508 e. The van der Waals surface area contributed by atoms with Gasteiger partial charge in [0.2, 0.25) is 0 Å². The maximum Gasteiger partial charge on any atom is 0.432 e. The molecule has 4 rings (SSSR count). The number of hydrogen-bond acceptors (Lipinski definition) is 6. The van der Waals surface area contributed by atoms with E-state index in [0.29, 0.717) is 0 Å². The van der Waals surface area contributed by atoms with Gasteiger partial charge in [-0.3, -0.25) is 0 Å². The minimum atomic E-state index is -6.54. The highest BCUT2D eigenvalue weighted by Crippen LogP contribution is 2.70. The number of rotatable bonds is 9. The van der Waals surface area contributed by atoms with Crippen molar-refractivity contribution in [2.75, 3.05) is 0 Å². The normalized spacial score (nSPS) is 13.8. The standard InChI is InChI=1S/C28H21F5O6S2/c29-27(30,31)26(38-25(35)20-10-4-1-5-11-20)28(32,33)41(36,37)39-40(22-12-6-2-7-13-22,23-14-8-3-9-15-23)24-18-16-21(34)17-19-24/h1-19,26,34H. The Hall–Kier alpha value is -3.94. The average molecular weight is 613 g/mol. The fourth-order valence-electron chi connectivity index (χ4n) is 3.77. The molecule has 0 aliphatic carbocycles. The molecule has 0 saturated heterocycles. The van der Waals surface area contributed by atoms with Crippen molar-refractivity contribution in [3.05, 3.63) is 121 Å². The van der Waals surface area contributed by atoms with Crippen LogP contribution in [0, 0.1) is 0 Å². The first kappa shape index (κ1) is 30.0. The van der Waals surface area contributed by atoms with Gasteiger partial charge in [0.25, 0.3) is 6.10 Å². The summed E-state index contributed by atoms with van der Waals surface area (Å²) in [5.74, 6) is -2.06. The second-order valence-corrected chi connectivity index (χ2v) is 13.0. The Morgan fingerprint density at radius 2 is 1.07 bits per heavy atom. The van der Waals surface area contributed by atoms with Crippen LogP contribution in [0.2, 0.25) is 0 Å². The van der Waals surface area contributed by atoms with E-state index in [-0.39, 0.29) is 20.4 Å². The second-order valence-electron chi connectivity index (χ2n) is 8.45. The van der Waals surface area contributed by atoms with Crippen molar-refractivity contribution < 1.29 is 48.6 Å². The number of halogens is 5. The zero-order chi connectivity index (χ0) is 29.9. The highest BCUT2D eigenvalue weighted by atomic mass is 32.3. The number of esters is 1. The van der Waals surface area contributed by atoms with E-state index in [1.807, 2.05) is 0 Å². The Kier molecular flexibility index (Phi) is 8.43. The van der Waals surface area contributed by atoms with Gasteiger partial charge in [-0.05, 0) is 71.0 Å². The van der Waals surface area contributed by atoms with Crippen LogP contribution in [0.15, 0.2) is 130 Å². The first-order valence-electron chi connectivity index (χ1n) is 11.7. The van der Waals surface area contributed by atoms with Crippen LogP contribution in [0.5, 0.6) is 5.75 Å². The van der Waals surface area contributed by atoms with Gasteiger partial charge in [-0.1, -0.05) is 54.6 Å². The van der Waals surface area contributed by atoms with E-state index in [4.69, 9.17) is 3.63 Å². The summed E-state index contributed by atoms with van der Waals surface area (Å²) >= 11 is 0. The molecule has 1 N–H and O–H groups in total. The van der Waals surface area contributed by atoms with Gasteiger partial charge in [-0.2, -0.15) is 30.4 Å². The number of phenols is 1. The quantitative estimate of drug-likeness (QED) is 0.157. The highest BCUT2D eigenvalue weighted by molar-refractivity contribution is 8.33. The molecule has 0 saturated carbocycles. The monoisotopic (exact) mass is 612 g/mol. The lowest BCUT2D eigenvalue weighted by atomic mass is 10.2. The summed E-state index contributed by atoms with van der Waals surface area (Å²) in [6.07, 6.45) is -10.4. The molecule has 13 heteroatoms. The molecule has 1 unspecified atom stereocenters. The molecule has 41 heavy (non-hydrogen) atoms. The molecule has 4 aromatic carbocycles. The van der Waals surface area contributed by atoms with Crippen LogP contribution < -0.4 is 0 Å². The third-order valence-electron chi connectivity index (χ3n) is 5.68. The Morgan fingerprint density at radius 3 is 1.51 bits per heavy atom. The summed E-state index contributed by atoms with van der Waals surface area (Å²) < 4.78 is 109. The Balaban J connectivity index is 1.89. The fourth-order valence-corrected chi connectivity index (χ4v) is 9.02. The molecule has 0 aliphatic rings. The zero-order valence-electron chi connectivity index (χ0n) is 20.7. The molecule has 4 aromatic rings. The van der Waals surface area contributed by atoms with Crippen molar-refractivity contribution in [2.45, 2.75) is 32.2 Å². The van der Waals surface area contributed by atoms with Gasteiger partial charge in [0.05, 0.1) is 5.56 Å². The third-order valence-corrected chi connectivity index (χ3v) is 10.9. The van der Waals surface area contributed by atoms with E-state index in [9.17, 15) is 31.5 Å². The maximum absolute atomic E-state index is 15.6. The third kappa shape index (κ3) is 6.06. The lowest BCUT2D eigenvalue weighted by Crippen LogP contribution is -2.52.